The Morgan fingerprint density at radius 3 is 2.33 bits per heavy atom. The molecule has 0 bridgehead atoms. The van der Waals surface area contributed by atoms with Crippen LogP contribution in [0, 0.1) is 18.8 Å². The molecule has 1 heterocycles. The fourth-order valence-corrected chi connectivity index (χ4v) is 3.00. The Morgan fingerprint density at radius 1 is 1.29 bits per heavy atom. The van der Waals surface area contributed by atoms with Gasteiger partial charge in [0.05, 0.1) is 12.5 Å². The van der Waals surface area contributed by atoms with E-state index < -0.39 is 35.6 Å². The van der Waals surface area contributed by atoms with Crippen LogP contribution in [-0.4, -0.2) is 28.5 Å². The molecule has 2 rings (SSSR count). The van der Waals surface area contributed by atoms with Crippen molar-refractivity contribution < 1.29 is 31.5 Å². The highest BCUT2D eigenvalue weighted by Crippen LogP contribution is 2.46. The summed E-state index contributed by atoms with van der Waals surface area (Å²) in [6, 6.07) is 0. The maximum Gasteiger partial charge on any atom is 0.392 e. The van der Waals surface area contributed by atoms with Gasteiger partial charge in [-0.05, 0) is 32.6 Å². The van der Waals surface area contributed by atoms with Crippen LogP contribution in [0.15, 0.2) is 0 Å². The number of hydrogen-bond donors (Lipinski definition) is 0. The van der Waals surface area contributed by atoms with Gasteiger partial charge in [0.1, 0.15) is 11.4 Å². The van der Waals surface area contributed by atoms with Crippen LogP contribution < -0.4 is 0 Å². The van der Waals surface area contributed by atoms with E-state index in [1.165, 1.54) is 6.92 Å². The number of esters is 1. The number of aromatic nitrogens is 2. The van der Waals surface area contributed by atoms with Crippen LogP contribution in [-0.2, 0) is 17.2 Å². The number of alkyl halides is 5. The molecule has 1 fully saturated rings. The normalized spacial score (nSPS) is 21.5. The van der Waals surface area contributed by atoms with Crippen molar-refractivity contribution in [1.82, 2.24) is 9.78 Å². The Labute approximate surface area is 136 Å². The van der Waals surface area contributed by atoms with E-state index in [4.69, 9.17) is 4.74 Å². The van der Waals surface area contributed by atoms with E-state index >= 15 is 0 Å². The van der Waals surface area contributed by atoms with E-state index in [9.17, 15) is 26.7 Å². The molecule has 0 saturated heterocycles. The van der Waals surface area contributed by atoms with Gasteiger partial charge in [-0.15, -0.1) is 0 Å². The van der Waals surface area contributed by atoms with Gasteiger partial charge in [-0.3, -0.25) is 4.68 Å². The van der Waals surface area contributed by atoms with Crippen molar-refractivity contribution in [3.05, 3.63) is 17.0 Å². The summed E-state index contributed by atoms with van der Waals surface area (Å²) < 4.78 is 71.7. The molecule has 1 aromatic rings. The lowest BCUT2D eigenvalue weighted by atomic mass is 9.73. The summed E-state index contributed by atoms with van der Waals surface area (Å²) in [5, 5.41) is 3.72. The standard InChI is InChI=1S/C15H19F5N2O2/c1-4-24-13(23)11-8(2)12(14(3,16)17)21-22(11)7-9-5-6-10(9)15(18,19)20/h9-10H,4-7H2,1-3H3/t9-,10+/m0/s1. The number of nitrogens with zero attached hydrogens (tertiary/aromatic N) is 2. The van der Waals surface area contributed by atoms with Gasteiger partial charge >= 0.3 is 12.1 Å². The summed E-state index contributed by atoms with van der Waals surface area (Å²) in [5.74, 6) is -6.45. The maximum absolute atomic E-state index is 13.6. The number of ether oxygens (including phenoxy) is 1. The molecule has 0 aromatic carbocycles. The van der Waals surface area contributed by atoms with Crippen molar-refractivity contribution in [2.75, 3.05) is 6.61 Å². The van der Waals surface area contributed by atoms with Gasteiger partial charge < -0.3 is 4.74 Å². The second-order valence-corrected chi connectivity index (χ2v) is 6.10. The molecular weight excluding hydrogens is 335 g/mol. The minimum absolute atomic E-state index is 0.0000478. The summed E-state index contributed by atoms with van der Waals surface area (Å²) in [5.41, 5.74) is -0.890. The van der Waals surface area contributed by atoms with Gasteiger partial charge in [-0.25, -0.2) is 4.79 Å². The molecule has 1 aliphatic rings. The molecule has 0 radical (unpaired) electrons. The third kappa shape index (κ3) is 3.54. The summed E-state index contributed by atoms with van der Waals surface area (Å²) in [7, 11) is 0. The second-order valence-electron chi connectivity index (χ2n) is 6.10. The van der Waals surface area contributed by atoms with Gasteiger partial charge in [0.2, 0.25) is 0 Å². The summed E-state index contributed by atoms with van der Waals surface area (Å²) in [6.45, 7) is 3.26. The van der Waals surface area contributed by atoms with Crippen LogP contribution in [0.5, 0.6) is 0 Å². The van der Waals surface area contributed by atoms with Gasteiger partial charge in [0.15, 0.2) is 0 Å². The molecule has 0 N–H and O–H groups in total. The lowest BCUT2D eigenvalue weighted by molar-refractivity contribution is -0.214. The third-order valence-electron chi connectivity index (χ3n) is 4.32. The molecule has 9 heteroatoms. The predicted octanol–water partition coefficient (Wildman–Crippen LogP) is 4.07. The summed E-state index contributed by atoms with van der Waals surface area (Å²) >= 11 is 0. The number of rotatable bonds is 5. The van der Waals surface area contributed by atoms with Crippen LogP contribution in [0.3, 0.4) is 0 Å². The van der Waals surface area contributed by atoms with Crippen molar-refractivity contribution in [2.45, 2.75) is 52.3 Å². The van der Waals surface area contributed by atoms with Gasteiger partial charge in [0.25, 0.3) is 5.92 Å². The zero-order valence-electron chi connectivity index (χ0n) is 13.6. The van der Waals surface area contributed by atoms with E-state index in [2.05, 4.69) is 5.10 Å². The monoisotopic (exact) mass is 354 g/mol. The topological polar surface area (TPSA) is 44.1 Å². The second kappa shape index (κ2) is 6.33. The molecule has 0 spiro atoms. The zero-order chi connectivity index (χ0) is 18.3. The number of halogens is 5. The van der Waals surface area contributed by atoms with Crippen LogP contribution in [0.4, 0.5) is 22.0 Å². The molecule has 2 atom stereocenters. The smallest absolute Gasteiger partial charge is 0.392 e. The van der Waals surface area contributed by atoms with Crippen molar-refractivity contribution in [1.29, 1.82) is 0 Å². The Bertz CT molecular complexity index is 619. The van der Waals surface area contributed by atoms with E-state index in [1.54, 1.807) is 6.92 Å². The van der Waals surface area contributed by atoms with Crippen LogP contribution >= 0.6 is 0 Å². The van der Waals surface area contributed by atoms with E-state index in [-0.39, 0.29) is 30.8 Å². The van der Waals surface area contributed by atoms with Crippen molar-refractivity contribution in [2.24, 2.45) is 11.8 Å². The lowest BCUT2D eigenvalue weighted by Crippen LogP contribution is -2.40. The average Bonchev–Trinajstić information content (AvgIpc) is 2.69. The van der Waals surface area contributed by atoms with Crippen molar-refractivity contribution in [3.8, 4) is 0 Å². The first-order valence-corrected chi connectivity index (χ1v) is 7.66. The van der Waals surface area contributed by atoms with E-state index in [0.29, 0.717) is 13.3 Å². The molecule has 1 saturated carbocycles. The first kappa shape index (κ1) is 18.7. The van der Waals surface area contributed by atoms with Gasteiger partial charge in [0, 0.05) is 19.0 Å². The van der Waals surface area contributed by atoms with Gasteiger partial charge in [-0.1, -0.05) is 0 Å². The largest absolute Gasteiger partial charge is 0.461 e. The van der Waals surface area contributed by atoms with Crippen LogP contribution in [0.25, 0.3) is 0 Å². The molecular formula is C15H19F5N2O2. The first-order chi connectivity index (χ1) is 11.0. The first-order valence-electron chi connectivity index (χ1n) is 7.66. The average molecular weight is 354 g/mol. The van der Waals surface area contributed by atoms with Crippen LogP contribution in [0.2, 0.25) is 0 Å². The predicted molar refractivity (Wildman–Crippen MR) is 74.8 cm³/mol. The fraction of sp³-hybridized carbons (Fsp3) is 0.733. The van der Waals surface area contributed by atoms with E-state index in [1.807, 2.05) is 0 Å². The molecule has 0 unspecified atom stereocenters. The Kier molecular flexibility index (Phi) is 4.92. The Morgan fingerprint density at radius 2 is 1.92 bits per heavy atom. The fourth-order valence-electron chi connectivity index (χ4n) is 3.00. The highest BCUT2D eigenvalue weighted by Gasteiger charge is 2.50. The van der Waals surface area contributed by atoms with E-state index in [0.717, 1.165) is 4.68 Å². The number of carbonyl (C=O) groups excluding carboxylic acids is 1. The highest BCUT2D eigenvalue weighted by molar-refractivity contribution is 5.89. The lowest BCUT2D eigenvalue weighted by Gasteiger charge is -2.37. The number of carbonyl (C=O) groups is 1. The molecule has 4 nitrogen and oxygen atoms in total. The summed E-state index contributed by atoms with van der Waals surface area (Å²) in [4.78, 5) is 12.0. The minimum atomic E-state index is -4.34. The Hall–Kier alpha value is -1.67. The molecule has 0 aliphatic heterocycles. The van der Waals surface area contributed by atoms with Crippen LogP contribution in [0.1, 0.15) is 48.4 Å². The molecule has 136 valence electrons. The molecule has 0 amide bonds. The maximum atomic E-state index is 13.6. The summed E-state index contributed by atoms with van der Waals surface area (Å²) in [6.07, 6.45) is -4.03. The highest BCUT2D eigenvalue weighted by atomic mass is 19.4. The van der Waals surface area contributed by atoms with Gasteiger partial charge in [-0.2, -0.15) is 27.1 Å². The third-order valence-corrected chi connectivity index (χ3v) is 4.32. The quantitative estimate of drug-likeness (QED) is 0.591. The molecule has 24 heavy (non-hydrogen) atoms. The molecule has 1 aliphatic carbocycles. The SMILES string of the molecule is CCOC(=O)c1c(C)c(C(C)(F)F)nn1C[C@@H]1CC[C@H]1C(F)(F)F. The van der Waals surface area contributed by atoms with Crippen molar-refractivity contribution in [3.63, 3.8) is 0 Å². The zero-order valence-corrected chi connectivity index (χ0v) is 13.6. The molecule has 1 aromatic heterocycles. The van der Waals surface area contributed by atoms with Crippen molar-refractivity contribution >= 4 is 5.97 Å². The number of hydrogen-bond acceptors (Lipinski definition) is 3. The Balaban J connectivity index is 2.36. The minimum Gasteiger partial charge on any atom is -0.461 e.